The van der Waals surface area contributed by atoms with Gasteiger partial charge < -0.3 is 4.74 Å². The highest BCUT2D eigenvalue weighted by molar-refractivity contribution is 14.1. The number of nitrogens with zero attached hydrogens (tertiary/aromatic N) is 2. The van der Waals surface area contributed by atoms with E-state index in [0.29, 0.717) is 6.61 Å². The molecule has 2 amide bonds. The Morgan fingerprint density at radius 3 is 2.20 bits per heavy atom. The Hall–Kier alpha value is -1.75. The fourth-order valence-corrected chi connectivity index (χ4v) is 6.77. The van der Waals surface area contributed by atoms with E-state index >= 15 is 0 Å². The Labute approximate surface area is 201 Å². The predicted molar refractivity (Wildman–Crippen MR) is 130 cm³/mol. The van der Waals surface area contributed by atoms with Gasteiger partial charge in [-0.2, -0.15) is 10.1 Å². The molecule has 30 heavy (non-hydrogen) atoms. The Balaban J connectivity index is 1.31. The quantitative estimate of drug-likeness (QED) is 0.212. The minimum atomic E-state index is -0.223. The molecule has 0 spiro atoms. The van der Waals surface area contributed by atoms with E-state index in [0.717, 1.165) is 35.4 Å². The number of carbonyl (C=O) groups is 2. The van der Waals surface area contributed by atoms with Crippen LogP contribution >= 0.6 is 45.2 Å². The van der Waals surface area contributed by atoms with E-state index in [4.69, 9.17) is 4.74 Å². The first-order chi connectivity index (χ1) is 14.5. The van der Waals surface area contributed by atoms with Crippen molar-refractivity contribution in [2.24, 2.45) is 28.8 Å². The van der Waals surface area contributed by atoms with Crippen LogP contribution in [0, 0.1) is 30.8 Å². The minimum absolute atomic E-state index is 0.162. The summed E-state index contributed by atoms with van der Waals surface area (Å²) in [6.45, 7) is 0.496. The molecule has 5 rings (SSSR count). The Bertz CT molecular complexity index is 1030. The lowest BCUT2D eigenvalue weighted by Crippen LogP contribution is -2.28. The van der Waals surface area contributed by atoms with Crippen molar-refractivity contribution in [3.05, 3.63) is 72.9 Å². The summed E-state index contributed by atoms with van der Waals surface area (Å²) in [4.78, 5) is 25.5. The lowest BCUT2D eigenvalue weighted by atomic mass is 9.85. The maximum atomic E-state index is 12.8. The van der Waals surface area contributed by atoms with Crippen molar-refractivity contribution < 1.29 is 14.3 Å². The molecule has 1 saturated carbocycles. The van der Waals surface area contributed by atoms with Gasteiger partial charge in [-0.1, -0.05) is 42.5 Å². The first-order valence-electron chi connectivity index (χ1n) is 9.79. The maximum absolute atomic E-state index is 12.8. The van der Waals surface area contributed by atoms with Crippen LogP contribution < -0.4 is 4.74 Å². The molecule has 2 aliphatic carbocycles. The summed E-state index contributed by atoms with van der Waals surface area (Å²) in [5.41, 5.74) is 1.93. The Kier molecular flexibility index (Phi) is 5.42. The van der Waals surface area contributed by atoms with Crippen LogP contribution in [0.25, 0.3) is 0 Å². The van der Waals surface area contributed by atoms with E-state index in [2.05, 4.69) is 62.4 Å². The summed E-state index contributed by atoms with van der Waals surface area (Å²) in [6, 6.07) is 13.9. The van der Waals surface area contributed by atoms with Crippen LogP contribution in [0.4, 0.5) is 0 Å². The second kappa shape index (κ2) is 8.07. The zero-order valence-corrected chi connectivity index (χ0v) is 20.2. The van der Waals surface area contributed by atoms with E-state index < -0.39 is 0 Å². The van der Waals surface area contributed by atoms with Gasteiger partial charge in [-0.05, 0) is 86.7 Å². The molecular formula is C23H18I2N2O3. The predicted octanol–water partition coefficient (Wildman–Crippen LogP) is 4.62. The molecule has 2 fully saturated rings. The van der Waals surface area contributed by atoms with Crippen molar-refractivity contribution in [2.45, 2.75) is 13.0 Å². The van der Waals surface area contributed by atoms with Crippen LogP contribution in [0.1, 0.15) is 17.5 Å². The van der Waals surface area contributed by atoms with Crippen LogP contribution in [0.3, 0.4) is 0 Å². The molecule has 1 saturated heterocycles. The number of hydrogen-bond acceptors (Lipinski definition) is 4. The molecule has 0 unspecified atom stereocenters. The normalized spacial score (nSPS) is 26.8. The number of rotatable bonds is 5. The van der Waals surface area contributed by atoms with Gasteiger partial charge in [0, 0.05) is 0 Å². The van der Waals surface area contributed by atoms with Gasteiger partial charge in [0.2, 0.25) is 0 Å². The summed E-state index contributed by atoms with van der Waals surface area (Å²) in [6.07, 6.45) is 6.69. The second-order valence-corrected chi connectivity index (χ2v) is 10.1. The number of allylic oxidation sites excluding steroid dienone is 2. The van der Waals surface area contributed by atoms with Crippen LogP contribution in [-0.2, 0) is 16.2 Å². The SMILES string of the molecule is O=C1[C@@H]2[C@@H](C(=O)N1/N=C\c1cc(I)c(OCc3ccccc3)c(I)c1)[C@H]1C=C[C@H]2C1. The summed E-state index contributed by atoms with van der Waals surface area (Å²) in [5.74, 6) is 0.440. The molecule has 2 aromatic carbocycles. The zero-order chi connectivity index (χ0) is 20.8. The number of hydrogen-bond donors (Lipinski definition) is 0. The number of benzene rings is 2. The van der Waals surface area contributed by atoms with Gasteiger partial charge in [0.15, 0.2) is 0 Å². The number of fused-ring (bicyclic) bond motifs is 5. The van der Waals surface area contributed by atoms with E-state index in [1.807, 2.05) is 42.5 Å². The average molecular weight is 624 g/mol. The summed E-state index contributed by atoms with van der Waals surface area (Å²) in [7, 11) is 0. The number of halogens is 2. The Morgan fingerprint density at radius 2 is 1.60 bits per heavy atom. The van der Waals surface area contributed by atoms with Gasteiger partial charge in [0.05, 0.1) is 25.2 Å². The lowest BCUT2D eigenvalue weighted by molar-refractivity contribution is -0.140. The number of hydrazone groups is 1. The molecule has 4 atom stereocenters. The molecule has 3 aliphatic rings. The molecule has 2 aromatic rings. The Morgan fingerprint density at radius 1 is 1.00 bits per heavy atom. The molecule has 5 nitrogen and oxygen atoms in total. The lowest BCUT2D eigenvalue weighted by Gasteiger charge is -2.13. The zero-order valence-electron chi connectivity index (χ0n) is 15.9. The second-order valence-electron chi connectivity index (χ2n) is 7.82. The molecule has 1 heterocycles. The minimum Gasteiger partial charge on any atom is -0.487 e. The number of carbonyl (C=O) groups excluding carboxylic acids is 2. The highest BCUT2D eigenvalue weighted by atomic mass is 127. The van der Waals surface area contributed by atoms with Crippen molar-refractivity contribution in [1.82, 2.24) is 5.01 Å². The van der Waals surface area contributed by atoms with Crippen molar-refractivity contribution >= 4 is 63.2 Å². The van der Waals surface area contributed by atoms with Crippen molar-refractivity contribution in [2.75, 3.05) is 0 Å². The number of imide groups is 1. The van der Waals surface area contributed by atoms with Crippen LogP contribution in [0.15, 0.2) is 59.7 Å². The maximum Gasteiger partial charge on any atom is 0.254 e. The van der Waals surface area contributed by atoms with Crippen molar-refractivity contribution in [3.63, 3.8) is 0 Å². The molecule has 7 heteroatoms. The molecular weight excluding hydrogens is 606 g/mol. The van der Waals surface area contributed by atoms with Crippen molar-refractivity contribution in [3.8, 4) is 5.75 Å². The summed E-state index contributed by atoms with van der Waals surface area (Å²) >= 11 is 4.48. The van der Waals surface area contributed by atoms with Crippen LogP contribution in [-0.4, -0.2) is 23.0 Å². The van der Waals surface area contributed by atoms with Crippen LogP contribution in [0.5, 0.6) is 5.75 Å². The largest absolute Gasteiger partial charge is 0.487 e. The first kappa shape index (κ1) is 20.2. The standard InChI is InChI=1S/C23H18I2N2O3/c24-17-8-14(9-18(25)21(17)30-12-13-4-2-1-3-5-13)11-26-27-22(28)19-15-6-7-16(10-15)20(19)23(27)29/h1-9,11,15-16,19-20H,10,12H2/b26-11-/t15-,16-,19-,20-/m0/s1. The summed E-state index contributed by atoms with van der Waals surface area (Å²) in [5, 5.41) is 5.36. The van der Waals surface area contributed by atoms with Gasteiger partial charge in [-0.3, -0.25) is 9.59 Å². The van der Waals surface area contributed by atoms with Gasteiger partial charge in [0.1, 0.15) is 12.4 Å². The smallest absolute Gasteiger partial charge is 0.254 e. The molecule has 0 radical (unpaired) electrons. The fourth-order valence-electron chi connectivity index (χ4n) is 4.65. The third kappa shape index (κ3) is 3.49. The third-order valence-corrected chi connectivity index (χ3v) is 7.62. The van der Waals surface area contributed by atoms with Gasteiger partial charge in [0.25, 0.3) is 11.8 Å². The molecule has 152 valence electrons. The molecule has 2 bridgehead atoms. The van der Waals surface area contributed by atoms with Gasteiger partial charge >= 0.3 is 0 Å². The number of amides is 2. The summed E-state index contributed by atoms with van der Waals surface area (Å²) < 4.78 is 7.92. The highest BCUT2D eigenvalue weighted by Crippen LogP contribution is 2.52. The van der Waals surface area contributed by atoms with Gasteiger partial charge in [-0.15, -0.1) is 0 Å². The molecule has 0 aromatic heterocycles. The van der Waals surface area contributed by atoms with E-state index in [1.165, 1.54) is 0 Å². The van der Waals surface area contributed by atoms with E-state index in [1.54, 1.807) is 6.21 Å². The monoisotopic (exact) mass is 624 g/mol. The average Bonchev–Trinajstić information content (AvgIpc) is 3.41. The first-order valence-corrected chi connectivity index (χ1v) is 11.9. The van der Waals surface area contributed by atoms with Gasteiger partial charge in [-0.25, -0.2) is 0 Å². The third-order valence-electron chi connectivity index (χ3n) is 6.02. The number of ether oxygens (including phenoxy) is 1. The van der Waals surface area contributed by atoms with Crippen LogP contribution in [0.2, 0.25) is 0 Å². The highest BCUT2D eigenvalue weighted by Gasteiger charge is 2.59. The molecule has 0 N–H and O–H groups in total. The molecule has 1 aliphatic heterocycles. The van der Waals surface area contributed by atoms with Crippen molar-refractivity contribution in [1.29, 1.82) is 0 Å². The van der Waals surface area contributed by atoms with E-state index in [-0.39, 0.29) is 35.5 Å². The fraction of sp³-hybridized carbons (Fsp3) is 0.261. The van der Waals surface area contributed by atoms with E-state index in [9.17, 15) is 9.59 Å². The topological polar surface area (TPSA) is 59.0 Å².